The van der Waals surface area contributed by atoms with Crippen LogP contribution in [0.4, 0.5) is 17.1 Å². The first-order valence-electron chi connectivity index (χ1n) is 21.4. The van der Waals surface area contributed by atoms with Gasteiger partial charge in [0, 0.05) is 50.3 Å². The lowest BCUT2D eigenvalue weighted by atomic mass is 10.0. The average molecular weight is 807 g/mol. The van der Waals surface area contributed by atoms with Crippen molar-refractivity contribution in [2.24, 2.45) is 0 Å². The molecule has 0 aliphatic rings. The Morgan fingerprint density at radius 2 is 0.794 bits per heavy atom. The van der Waals surface area contributed by atoms with E-state index >= 15 is 0 Å². The molecule has 0 bridgehead atoms. The highest BCUT2D eigenvalue weighted by molar-refractivity contribution is 6.12. The highest BCUT2D eigenvalue weighted by atomic mass is 15.3. The molecular weight excluding hydrogens is 769 g/mol. The van der Waals surface area contributed by atoms with Crippen LogP contribution >= 0.6 is 0 Å². The summed E-state index contributed by atoms with van der Waals surface area (Å²) in [5, 5.41) is 3.57. The van der Waals surface area contributed by atoms with Crippen molar-refractivity contribution in [2.45, 2.75) is 0 Å². The Morgan fingerprint density at radius 3 is 1.46 bits per heavy atom. The van der Waals surface area contributed by atoms with E-state index in [2.05, 4.69) is 254 Å². The zero-order valence-electron chi connectivity index (χ0n) is 34.1. The van der Waals surface area contributed by atoms with E-state index in [0.29, 0.717) is 0 Å². The molecule has 0 aliphatic heterocycles. The Kier molecular flexibility index (Phi) is 7.80. The molecule has 0 fully saturated rings. The molecule has 0 N–H and O–H groups in total. The topological polar surface area (TPSA) is 35.3 Å². The van der Waals surface area contributed by atoms with Gasteiger partial charge in [0.1, 0.15) is 5.52 Å². The summed E-state index contributed by atoms with van der Waals surface area (Å²) < 4.78 is 9.33. The van der Waals surface area contributed by atoms with Gasteiger partial charge in [0.2, 0.25) is 5.78 Å². The molecule has 0 saturated heterocycles. The van der Waals surface area contributed by atoms with Crippen LogP contribution in [0.1, 0.15) is 0 Å². The van der Waals surface area contributed by atoms with Gasteiger partial charge in [-0.15, -0.1) is 0 Å². The van der Waals surface area contributed by atoms with Gasteiger partial charge in [-0.3, -0.25) is 13.5 Å². The van der Waals surface area contributed by atoms with Crippen molar-refractivity contribution in [2.75, 3.05) is 4.90 Å². The molecule has 0 aliphatic carbocycles. The normalized spacial score (nSPS) is 11.8. The number of rotatable bonds is 7. The molecule has 6 heteroatoms. The number of anilines is 3. The van der Waals surface area contributed by atoms with Crippen LogP contribution in [0.5, 0.6) is 0 Å². The molecule has 296 valence electrons. The van der Waals surface area contributed by atoms with Gasteiger partial charge in [0.15, 0.2) is 5.65 Å². The summed E-state index contributed by atoms with van der Waals surface area (Å²) in [6.07, 6.45) is 0. The summed E-state index contributed by atoms with van der Waals surface area (Å²) in [4.78, 5) is 7.93. The van der Waals surface area contributed by atoms with E-state index < -0.39 is 0 Å². The number of imidazole rings is 2. The minimum Gasteiger partial charge on any atom is -0.310 e. The summed E-state index contributed by atoms with van der Waals surface area (Å²) in [6.45, 7) is 0. The van der Waals surface area contributed by atoms with E-state index in [4.69, 9.17) is 4.98 Å². The molecule has 0 radical (unpaired) electrons. The van der Waals surface area contributed by atoms with Crippen LogP contribution in [0.15, 0.2) is 231 Å². The standard InChI is InChI=1S/C57H38N6/c1-5-17-39(18-6-1)40-29-31-44(32-30-40)59(45-33-35-52-49(37-45)47-25-13-15-27-50(47)60(52)41-19-7-2-8-20-41)46-34-36-53-54(38-46)62(43-23-11-4-12-24-43)57-58-56-55(63(53)57)48-26-14-16-28-51(48)61(56)42-21-9-3-10-22-42/h1-38H. The van der Waals surface area contributed by atoms with Crippen LogP contribution in [0.2, 0.25) is 0 Å². The number of para-hydroxylation sites is 5. The van der Waals surface area contributed by atoms with E-state index in [1.54, 1.807) is 0 Å². The highest BCUT2D eigenvalue weighted by Crippen LogP contribution is 2.43. The third-order valence-corrected chi connectivity index (χ3v) is 12.5. The van der Waals surface area contributed by atoms with Gasteiger partial charge < -0.3 is 9.47 Å². The summed E-state index contributed by atoms with van der Waals surface area (Å²) in [6, 6.07) is 82.5. The van der Waals surface area contributed by atoms with Gasteiger partial charge in [-0.05, 0) is 108 Å². The molecule has 4 aromatic heterocycles. The molecule has 9 aromatic carbocycles. The maximum absolute atomic E-state index is 5.54. The van der Waals surface area contributed by atoms with Crippen molar-refractivity contribution >= 4 is 77.7 Å². The fraction of sp³-hybridized carbons (Fsp3) is 0. The van der Waals surface area contributed by atoms with E-state index in [1.807, 2.05) is 0 Å². The van der Waals surface area contributed by atoms with Gasteiger partial charge in [0.05, 0.1) is 27.6 Å². The fourth-order valence-corrected chi connectivity index (χ4v) is 9.79. The predicted octanol–water partition coefficient (Wildman–Crippen LogP) is 14.6. The second kappa shape index (κ2) is 14.0. The highest BCUT2D eigenvalue weighted by Gasteiger charge is 2.25. The Balaban J connectivity index is 1.07. The first-order chi connectivity index (χ1) is 31.3. The van der Waals surface area contributed by atoms with Crippen LogP contribution < -0.4 is 4.90 Å². The molecule has 0 amide bonds. The molecule has 13 rings (SSSR count). The molecule has 4 heterocycles. The number of hydrogen-bond acceptors (Lipinski definition) is 2. The molecule has 0 spiro atoms. The Labute approximate surface area is 363 Å². The Hall–Kier alpha value is -8.61. The number of hydrogen-bond donors (Lipinski definition) is 0. The minimum atomic E-state index is 0.864. The minimum absolute atomic E-state index is 0.864. The van der Waals surface area contributed by atoms with Gasteiger partial charge in [0.25, 0.3) is 0 Å². The van der Waals surface area contributed by atoms with Gasteiger partial charge in [-0.2, -0.15) is 4.98 Å². The summed E-state index contributed by atoms with van der Waals surface area (Å²) in [7, 11) is 0. The van der Waals surface area contributed by atoms with Crippen molar-refractivity contribution < 1.29 is 0 Å². The molecule has 0 atom stereocenters. The number of nitrogens with zero attached hydrogens (tertiary/aromatic N) is 6. The maximum Gasteiger partial charge on any atom is 0.222 e. The second-order valence-corrected chi connectivity index (χ2v) is 16.1. The summed E-state index contributed by atoms with van der Waals surface area (Å²) >= 11 is 0. The number of fused-ring (bicyclic) bond motifs is 10. The van der Waals surface area contributed by atoms with Crippen LogP contribution in [0, 0.1) is 0 Å². The zero-order chi connectivity index (χ0) is 41.4. The zero-order valence-corrected chi connectivity index (χ0v) is 34.1. The molecule has 0 saturated carbocycles. The number of aromatic nitrogens is 5. The van der Waals surface area contributed by atoms with E-state index in [9.17, 15) is 0 Å². The molecule has 0 unspecified atom stereocenters. The lowest BCUT2D eigenvalue weighted by Gasteiger charge is -2.26. The Bertz CT molecular complexity index is 3820. The first-order valence-corrected chi connectivity index (χ1v) is 21.4. The Morgan fingerprint density at radius 1 is 0.317 bits per heavy atom. The molecular formula is C57H38N6. The van der Waals surface area contributed by atoms with E-state index in [-0.39, 0.29) is 0 Å². The molecule has 63 heavy (non-hydrogen) atoms. The van der Waals surface area contributed by atoms with Crippen molar-refractivity contribution in [3.05, 3.63) is 231 Å². The summed E-state index contributed by atoms with van der Waals surface area (Å²) in [5.74, 6) is 0.864. The lowest BCUT2D eigenvalue weighted by Crippen LogP contribution is -2.10. The average Bonchev–Trinajstić information content (AvgIpc) is 4.07. The number of benzene rings is 9. The van der Waals surface area contributed by atoms with E-state index in [0.717, 1.165) is 73.0 Å². The SMILES string of the molecule is c1ccc(-c2ccc(N(c3ccc4c(c3)c3ccccc3n4-c3ccccc3)c3ccc4c(c3)n(-c3ccccc3)c3nc5c(c6ccccc6n5-c5ccccc5)n43)cc2)cc1. The molecule has 6 nitrogen and oxygen atoms in total. The monoisotopic (exact) mass is 806 g/mol. The van der Waals surface area contributed by atoms with Gasteiger partial charge in [-0.1, -0.05) is 133 Å². The van der Waals surface area contributed by atoms with Crippen LogP contribution in [0.3, 0.4) is 0 Å². The van der Waals surface area contributed by atoms with Crippen molar-refractivity contribution in [1.82, 2.24) is 23.1 Å². The van der Waals surface area contributed by atoms with Crippen LogP contribution in [0.25, 0.3) is 88.9 Å². The third kappa shape index (κ3) is 5.41. The smallest absolute Gasteiger partial charge is 0.222 e. The second-order valence-electron chi connectivity index (χ2n) is 16.1. The predicted molar refractivity (Wildman–Crippen MR) is 261 cm³/mol. The fourth-order valence-electron chi connectivity index (χ4n) is 9.79. The van der Waals surface area contributed by atoms with Crippen molar-refractivity contribution in [1.29, 1.82) is 0 Å². The van der Waals surface area contributed by atoms with Crippen molar-refractivity contribution in [3.8, 4) is 28.2 Å². The van der Waals surface area contributed by atoms with Gasteiger partial charge >= 0.3 is 0 Å². The van der Waals surface area contributed by atoms with E-state index in [1.165, 1.54) is 32.9 Å². The van der Waals surface area contributed by atoms with Crippen molar-refractivity contribution in [3.63, 3.8) is 0 Å². The third-order valence-electron chi connectivity index (χ3n) is 12.5. The van der Waals surface area contributed by atoms with Crippen LogP contribution in [-0.4, -0.2) is 23.1 Å². The van der Waals surface area contributed by atoms with Gasteiger partial charge in [-0.25, -0.2) is 0 Å². The summed E-state index contributed by atoms with van der Waals surface area (Å²) in [5.41, 5.74) is 16.4. The maximum atomic E-state index is 5.54. The molecule has 13 aromatic rings. The lowest BCUT2D eigenvalue weighted by molar-refractivity contribution is 1.09. The van der Waals surface area contributed by atoms with Crippen LogP contribution in [-0.2, 0) is 0 Å². The first kappa shape index (κ1) is 35.2. The largest absolute Gasteiger partial charge is 0.310 e. The quantitative estimate of drug-likeness (QED) is 0.161.